The lowest BCUT2D eigenvalue weighted by Crippen LogP contribution is -2.46. The van der Waals surface area contributed by atoms with Crippen LogP contribution in [0.1, 0.15) is 32.8 Å². The molecule has 0 aliphatic carbocycles. The SMILES string of the molecule is Cc1ccc(NC(=O)C(C)N(CCC(=O)O)C(C)C)cc1. The van der Waals surface area contributed by atoms with Crippen LogP contribution in [0, 0.1) is 6.92 Å². The molecule has 1 unspecified atom stereocenters. The molecule has 2 N–H and O–H groups in total. The third-order valence-corrected chi connectivity index (χ3v) is 3.44. The van der Waals surface area contributed by atoms with Crippen molar-refractivity contribution in [3.05, 3.63) is 29.8 Å². The smallest absolute Gasteiger partial charge is 0.304 e. The number of carboxylic acids is 1. The topological polar surface area (TPSA) is 69.6 Å². The van der Waals surface area contributed by atoms with E-state index in [1.165, 1.54) is 0 Å². The molecule has 5 heteroatoms. The fourth-order valence-electron chi connectivity index (χ4n) is 2.16. The number of carboxylic acid groups (broad SMARTS) is 1. The van der Waals surface area contributed by atoms with E-state index in [2.05, 4.69) is 5.32 Å². The standard InChI is InChI=1S/C16H24N2O3/c1-11(2)18(10-9-15(19)20)13(4)16(21)17-14-7-5-12(3)6-8-14/h5-8,11,13H,9-10H2,1-4H3,(H,17,21)(H,19,20). The molecule has 1 aromatic carbocycles. The van der Waals surface area contributed by atoms with Crippen molar-refractivity contribution in [3.8, 4) is 0 Å². The fourth-order valence-corrected chi connectivity index (χ4v) is 2.16. The van der Waals surface area contributed by atoms with Crippen LogP contribution in [-0.4, -0.2) is 40.5 Å². The highest BCUT2D eigenvalue weighted by molar-refractivity contribution is 5.94. The monoisotopic (exact) mass is 292 g/mol. The van der Waals surface area contributed by atoms with Crippen LogP contribution >= 0.6 is 0 Å². The number of carbonyl (C=O) groups excluding carboxylic acids is 1. The molecule has 0 radical (unpaired) electrons. The van der Waals surface area contributed by atoms with E-state index in [1.54, 1.807) is 6.92 Å². The van der Waals surface area contributed by atoms with Gasteiger partial charge in [0.1, 0.15) is 0 Å². The van der Waals surface area contributed by atoms with Gasteiger partial charge < -0.3 is 10.4 Å². The Balaban J connectivity index is 2.68. The number of nitrogens with zero attached hydrogens (tertiary/aromatic N) is 1. The van der Waals surface area contributed by atoms with Crippen LogP contribution < -0.4 is 5.32 Å². The Bertz CT molecular complexity index is 483. The molecular formula is C16H24N2O3. The van der Waals surface area contributed by atoms with Crippen LogP contribution in [0.4, 0.5) is 5.69 Å². The van der Waals surface area contributed by atoms with Gasteiger partial charge in [-0.3, -0.25) is 14.5 Å². The van der Waals surface area contributed by atoms with Crippen LogP contribution in [0.5, 0.6) is 0 Å². The summed E-state index contributed by atoms with van der Waals surface area (Å²) >= 11 is 0. The summed E-state index contributed by atoms with van der Waals surface area (Å²) in [6.45, 7) is 8.05. The normalized spacial score (nSPS) is 12.5. The maximum atomic E-state index is 12.3. The van der Waals surface area contributed by atoms with E-state index in [4.69, 9.17) is 5.11 Å². The third kappa shape index (κ3) is 5.55. The predicted molar refractivity (Wildman–Crippen MR) is 83.4 cm³/mol. The molecule has 0 saturated heterocycles. The molecule has 0 fully saturated rings. The average molecular weight is 292 g/mol. The molecule has 0 saturated carbocycles. The highest BCUT2D eigenvalue weighted by atomic mass is 16.4. The summed E-state index contributed by atoms with van der Waals surface area (Å²) in [6, 6.07) is 7.30. The van der Waals surface area contributed by atoms with Gasteiger partial charge in [-0.15, -0.1) is 0 Å². The number of amides is 1. The van der Waals surface area contributed by atoms with Gasteiger partial charge in [-0.25, -0.2) is 0 Å². The lowest BCUT2D eigenvalue weighted by molar-refractivity contribution is -0.138. The number of nitrogens with one attached hydrogen (secondary N) is 1. The molecule has 1 amide bonds. The van der Waals surface area contributed by atoms with Crippen molar-refractivity contribution >= 4 is 17.6 Å². The number of carbonyl (C=O) groups is 2. The van der Waals surface area contributed by atoms with E-state index in [-0.39, 0.29) is 24.4 Å². The summed E-state index contributed by atoms with van der Waals surface area (Å²) < 4.78 is 0. The lowest BCUT2D eigenvalue weighted by atomic mass is 10.1. The Kier molecular flexibility index (Phi) is 6.37. The van der Waals surface area contributed by atoms with Gasteiger partial charge in [0.25, 0.3) is 0 Å². The van der Waals surface area contributed by atoms with Crippen LogP contribution in [-0.2, 0) is 9.59 Å². The number of hydrogen-bond acceptors (Lipinski definition) is 3. The van der Waals surface area contributed by atoms with Gasteiger partial charge in [0.05, 0.1) is 12.5 Å². The molecule has 0 aliphatic rings. The zero-order valence-corrected chi connectivity index (χ0v) is 13.1. The summed E-state index contributed by atoms with van der Waals surface area (Å²) in [5.41, 5.74) is 1.88. The maximum absolute atomic E-state index is 12.3. The van der Waals surface area contributed by atoms with Gasteiger partial charge in [0.15, 0.2) is 0 Å². The van der Waals surface area contributed by atoms with Crippen molar-refractivity contribution in [1.82, 2.24) is 4.90 Å². The Hall–Kier alpha value is -1.88. The van der Waals surface area contributed by atoms with Crippen LogP contribution in [0.25, 0.3) is 0 Å². The molecule has 5 nitrogen and oxygen atoms in total. The molecule has 21 heavy (non-hydrogen) atoms. The van der Waals surface area contributed by atoms with Crippen LogP contribution in [0.2, 0.25) is 0 Å². The number of benzene rings is 1. The van der Waals surface area contributed by atoms with E-state index in [1.807, 2.05) is 49.9 Å². The molecular weight excluding hydrogens is 268 g/mol. The van der Waals surface area contributed by atoms with E-state index in [0.717, 1.165) is 11.3 Å². The Morgan fingerprint density at radius 3 is 2.24 bits per heavy atom. The second-order valence-electron chi connectivity index (χ2n) is 5.51. The van der Waals surface area contributed by atoms with E-state index in [0.29, 0.717) is 6.54 Å². The molecule has 1 rings (SSSR count). The molecule has 116 valence electrons. The number of hydrogen-bond donors (Lipinski definition) is 2. The molecule has 0 aliphatic heterocycles. The first kappa shape index (κ1) is 17.2. The van der Waals surface area contributed by atoms with Gasteiger partial charge in [-0.05, 0) is 39.8 Å². The summed E-state index contributed by atoms with van der Waals surface area (Å²) in [5.74, 6) is -0.982. The summed E-state index contributed by atoms with van der Waals surface area (Å²) in [4.78, 5) is 24.9. The number of aliphatic carboxylic acids is 1. The second-order valence-corrected chi connectivity index (χ2v) is 5.51. The quantitative estimate of drug-likeness (QED) is 0.810. The van der Waals surface area contributed by atoms with Crippen molar-refractivity contribution in [2.45, 2.75) is 46.2 Å². The highest BCUT2D eigenvalue weighted by Crippen LogP contribution is 2.12. The molecule has 1 aromatic rings. The summed E-state index contributed by atoms with van der Waals surface area (Å²) in [6.07, 6.45) is 0.0281. The van der Waals surface area contributed by atoms with Crippen molar-refractivity contribution in [1.29, 1.82) is 0 Å². The van der Waals surface area contributed by atoms with Crippen molar-refractivity contribution < 1.29 is 14.7 Å². The number of anilines is 1. The Morgan fingerprint density at radius 1 is 1.19 bits per heavy atom. The van der Waals surface area contributed by atoms with Crippen LogP contribution in [0.15, 0.2) is 24.3 Å². The van der Waals surface area contributed by atoms with Crippen molar-refractivity contribution in [2.24, 2.45) is 0 Å². The predicted octanol–water partition coefficient (Wildman–Crippen LogP) is 2.51. The zero-order chi connectivity index (χ0) is 16.0. The van der Waals surface area contributed by atoms with Gasteiger partial charge in [-0.1, -0.05) is 17.7 Å². The molecule has 0 spiro atoms. The molecule has 0 aromatic heterocycles. The van der Waals surface area contributed by atoms with Crippen molar-refractivity contribution in [2.75, 3.05) is 11.9 Å². The molecule has 0 bridgehead atoms. The highest BCUT2D eigenvalue weighted by Gasteiger charge is 2.24. The first-order valence-electron chi connectivity index (χ1n) is 7.16. The largest absolute Gasteiger partial charge is 0.481 e. The Morgan fingerprint density at radius 2 is 1.76 bits per heavy atom. The minimum absolute atomic E-state index is 0.0281. The number of rotatable bonds is 7. The minimum Gasteiger partial charge on any atom is -0.481 e. The van der Waals surface area contributed by atoms with E-state index >= 15 is 0 Å². The van der Waals surface area contributed by atoms with Crippen molar-refractivity contribution in [3.63, 3.8) is 0 Å². The van der Waals surface area contributed by atoms with Crippen LogP contribution in [0.3, 0.4) is 0 Å². The first-order valence-corrected chi connectivity index (χ1v) is 7.16. The van der Waals surface area contributed by atoms with Gasteiger partial charge >= 0.3 is 5.97 Å². The minimum atomic E-state index is -0.855. The maximum Gasteiger partial charge on any atom is 0.304 e. The number of aryl methyl sites for hydroxylation is 1. The third-order valence-electron chi connectivity index (χ3n) is 3.44. The lowest BCUT2D eigenvalue weighted by Gasteiger charge is -2.31. The Labute approximate surface area is 126 Å². The van der Waals surface area contributed by atoms with Gasteiger partial charge in [0, 0.05) is 18.3 Å². The van der Waals surface area contributed by atoms with E-state index in [9.17, 15) is 9.59 Å². The second kappa shape index (κ2) is 7.78. The van der Waals surface area contributed by atoms with Gasteiger partial charge in [0.2, 0.25) is 5.91 Å². The van der Waals surface area contributed by atoms with E-state index < -0.39 is 5.97 Å². The molecule has 1 atom stereocenters. The average Bonchev–Trinajstić information content (AvgIpc) is 2.40. The zero-order valence-electron chi connectivity index (χ0n) is 13.1. The fraction of sp³-hybridized carbons (Fsp3) is 0.500. The summed E-state index contributed by atoms with van der Waals surface area (Å²) in [7, 11) is 0. The van der Waals surface area contributed by atoms with Gasteiger partial charge in [-0.2, -0.15) is 0 Å². The first-order chi connectivity index (χ1) is 9.81. The summed E-state index contributed by atoms with van der Waals surface area (Å²) in [5, 5.41) is 11.7. The molecule has 0 heterocycles.